The van der Waals surface area contributed by atoms with Gasteiger partial charge in [0.1, 0.15) is 11.5 Å². The largest absolute Gasteiger partial charge is 0.497 e. The normalized spacial score (nSPS) is 9.92. The monoisotopic (exact) mass is 326 g/mol. The highest BCUT2D eigenvalue weighted by atomic mass is 16.5. The summed E-state index contributed by atoms with van der Waals surface area (Å²) in [4.78, 5) is 34.6. The van der Waals surface area contributed by atoms with Crippen molar-refractivity contribution in [2.45, 2.75) is 13.3 Å². The molecule has 0 saturated heterocycles. The van der Waals surface area contributed by atoms with Gasteiger partial charge in [0.2, 0.25) is 5.91 Å². The summed E-state index contributed by atoms with van der Waals surface area (Å²) in [6, 6.07) is 13.4. The molecular formula is C18H18N2O4. The van der Waals surface area contributed by atoms with Gasteiger partial charge >= 0.3 is 0 Å². The molecule has 0 fully saturated rings. The van der Waals surface area contributed by atoms with Crippen LogP contribution in [0.3, 0.4) is 0 Å². The Bertz CT molecular complexity index is 737. The Balaban J connectivity index is 1.97. The molecule has 0 spiro atoms. The highest BCUT2D eigenvalue weighted by Gasteiger charge is 2.08. The first-order valence-electron chi connectivity index (χ1n) is 7.32. The van der Waals surface area contributed by atoms with Crippen LogP contribution in [0.5, 0.6) is 5.75 Å². The molecule has 2 amide bonds. The molecule has 0 aliphatic carbocycles. The van der Waals surface area contributed by atoms with E-state index in [1.165, 1.54) is 6.92 Å². The predicted molar refractivity (Wildman–Crippen MR) is 91.3 cm³/mol. The Hall–Kier alpha value is -3.15. The Morgan fingerprint density at radius 3 is 1.96 bits per heavy atom. The van der Waals surface area contributed by atoms with Crippen molar-refractivity contribution < 1.29 is 19.1 Å². The lowest BCUT2D eigenvalue weighted by molar-refractivity contribution is -0.124. The summed E-state index contributed by atoms with van der Waals surface area (Å²) in [5.41, 5.74) is 1.64. The molecule has 0 aromatic heterocycles. The number of benzene rings is 2. The maximum Gasteiger partial charge on any atom is 0.255 e. The summed E-state index contributed by atoms with van der Waals surface area (Å²) in [5, 5.41) is 5.37. The van der Waals surface area contributed by atoms with Crippen LogP contribution < -0.4 is 15.4 Å². The van der Waals surface area contributed by atoms with E-state index in [1.807, 2.05) is 0 Å². The van der Waals surface area contributed by atoms with Gasteiger partial charge in [-0.3, -0.25) is 14.4 Å². The minimum absolute atomic E-state index is 0.167. The SMILES string of the molecule is COc1ccc(NC(=O)c2ccc(NC(=O)CC(C)=O)cc2)cc1. The fraction of sp³-hybridized carbons (Fsp3) is 0.167. The number of anilines is 2. The number of carbonyl (C=O) groups is 3. The van der Waals surface area contributed by atoms with Gasteiger partial charge in [0.15, 0.2) is 0 Å². The van der Waals surface area contributed by atoms with E-state index in [9.17, 15) is 14.4 Å². The van der Waals surface area contributed by atoms with Crippen molar-refractivity contribution in [3.63, 3.8) is 0 Å². The zero-order valence-electron chi connectivity index (χ0n) is 13.5. The highest BCUT2D eigenvalue weighted by Crippen LogP contribution is 2.16. The van der Waals surface area contributed by atoms with E-state index in [0.29, 0.717) is 22.7 Å². The minimum atomic E-state index is -0.377. The van der Waals surface area contributed by atoms with Gasteiger partial charge in [-0.25, -0.2) is 0 Å². The molecule has 0 bridgehead atoms. The molecule has 0 aliphatic heterocycles. The second-order valence-electron chi connectivity index (χ2n) is 5.19. The molecule has 0 aliphatic rings. The van der Waals surface area contributed by atoms with E-state index in [-0.39, 0.29) is 24.0 Å². The van der Waals surface area contributed by atoms with E-state index >= 15 is 0 Å². The van der Waals surface area contributed by atoms with Crippen LogP contribution in [-0.2, 0) is 9.59 Å². The number of Topliss-reactive ketones (excluding diaryl/α,β-unsaturated/α-hetero) is 1. The summed E-state index contributed by atoms with van der Waals surface area (Å²) in [6.07, 6.45) is -0.167. The van der Waals surface area contributed by atoms with Crippen molar-refractivity contribution in [2.75, 3.05) is 17.7 Å². The Morgan fingerprint density at radius 2 is 1.42 bits per heavy atom. The summed E-state index contributed by atoms with van der Waals surface area (Å²) in [5.74, 6) is -0.138. The summed E-state index contributed by atoms with van der Waals surface area (Å²) in [6.45, 7) is 1.35. The van der Waals surface area contributed by atoms with Crippen molar-refractivity contribution in [3.8, 4) is 5.75 Å². The zero-order chi connectivity index (χ0) is 17.5. The number of hydrogen-bond acceptors (Lipinski definition) is 4. The van der Waals surface area contributed by atoms with Gasteiger partial charge in [0, 0.05) is 16.9 Å². The number of ether oxygens (including phenoxy) is 1. The van der Waals surface area contributed by atoms with Crippen molar-refractivity contribution >= 4 is 29.0 Å². The van der Waals surface area contributed by atoms with Gasteiger partial charge in [-0.1, -0.05) is 0 Å². The predicted octanol–water partition coefficient (Wildman–Crippen LogP) is 2.87. The number of hydrogen-bond donors (Lipinski definition) is 2. The first-order chi connectivity index (χ1) is 11.5. The first-order valence-corrected chi connectivity index (χ1v) is 7.32. The maximum absolute atomic E-state index is 12.2. The van der Waals surface area contributed by atoms with Gasteiger partial charge < -0.3 is 15.4 Å². The lowest BCUT2D eigenvalue weighted by Crippen LogP contribution is -2.15. The lowest BCUT2D eigenvalue weighted by atomic mass is 10.2. The minimum Gasteiger partial charge on any atom is -0.497 e. The van der Waals surface area contributed by atoms with Crippen LogP contribution in [0.4, 0.5) is 11.4 Å². The Kier molecular flexibility index (Phi) is 5.68. The topological polar surface area (TPSA) is 84.5 Å². The van der Waals surface area contributed by atoms with Crippen molar-refractivity contribution in [1.29, 1.82) is 0 Å². The van der Waals surface area contributed by atoms with Crippen LogP contribution in [0.15, 0.2) is 48.5 Å². The van der Waals surface area contributed by atoms with E-state index < -0.39 is 0 Å². The third-order valence-corrected chi connectivity index (χ3v) is 3.19. The lowest BCUT2D eigenvalue weighted by Gasteiger charge is -2.08. The molecular weight excluding hydrogens is 308 g/mol. The summed E-state index contributed by atoms with van der Waals surface area (Å²) >= 11 is 0. The van der Waals surface area contributed by atoms with Crippen molar-refractivity contribution in [3.05, 3.63) is 54.1 Å². The average Bonchev–Trinajstić information content (AvgIpc) is 2.55. The molecule has 0 atom stereocenters. The molecule has 2 aromatic rings. The third kappa shape index (κ3) is 4.95. The van der Waals surface area contributed by atoms with Crippen molar-refractivity contribution in [2.24, 2.45) is 0 Å². The van der Waals surface area contributed by atoms with Crippen molar-refractivity contribution in [1.82, 2.24) is 0 Å². The number of ketones is 1. The quantitative estimate of drug-likeness (QED) is 0.799. The molecule has 0 heterocycles. The van der Waals surface area contributed by atoms with Crippen LogP contribution in [-0.4, -0.2) is 24.7 Å². The fourth-order valence-corrected chi connectivity index (χ4v) is 2.01. The fourth-order valence-electron chi connectivity index (χ4n) is 2.01. The molecule has 2 rings (SSSR count). The van der Waals surface area contributed by atoms with Gasteiger partial charge in [-0.15, -0.1) is 0 Å². The first kappa shape index (κ1) is 17.2. The standard InChI is InChI=1S/C18H18N2O4/c1-12(21)11-17(22)19-14-5-3-13(4-6-14)18(23)20-15-7-9-16(24-2)10-8-15/h3-10H,11H2,1-2H3,(H,19,22)(H,20,23). The molecule has 124 valence electrons. The number of methoxy groups -OCH3 is 1. The molecule has 2 N–H and O–H groups in total. The van der Waals surface area contributed by atoms with E-state index in [1.54, 1.807) is 55.6 Å². The van der Waals surface area contributed by atoms with Crippen LogP contribution >= 0.6 is 0 Å². The molecule has 0 unspecified atom stereocenters. The molecule has 24 heavy (non-hydrogen) atoms. The number of amides is 2. The summed E-state index contributed by atoms with van der Waals surface area (Å²) in [7, 11) is 1.57. The molecule has 0 radical (unpaired) electrons. The number of carbonyl (C=O) groups excluding carboxylic acids is 3. The van der Waals surface area contributed by atoms with Crippen LogP contribution in [0.1, 0.15) is 23.7 Å². The Labute approximate surface area is 139 Å². The average molecular weight is 326 g/mol. The summed E-state index contributed by atoms with van der Waals surface area (Å²) < 4.78 is 5.06. The highest BCUT2D eigenvalue weighted by molar-refractivity contribution is 6.05. The second-order valence-corrected chi connectivity index (χ2v) is 5.19. The Morgan fingerprint density at radius 1 is 0.875 bits per heavy atom. The van der Waals surface area contributed by atoms with E-state index in [2.05, 4.69) is 10.6 Å². The van der Waals surface area contributed by atoms with E-state index in [0.717, 1.165) is 0 Å². The third-order valence-electron chi connectivity index (χ3n) is 3.19. The van der Waals surface area contributed by atoms with Crippen LogP contribution in [0.2, 0.25) is 0 Å². The van der Waals surface area contributed by atoms with Crippen LogP contribution in [0, 0.1) is 0 Å². The molecule has 6 heteroatoms. The van der Waals surface area contributed by atoms with Gasteiger partial charge in [0.05, 0.1) is 13.5 Å². The van der Waals surface area contributed by atoms with Gasteiger partial charge in [-0.2, -0.15) is 0 Å². The van der Waals surface area contributed by atoms with Crippen LogP contribution in [0.25, 0.3) is 0 Å². The smallest absolute Gasteiger partial charge is 0.255 e. The zero-order valence-corrected chi connectivity index (χ0v) is 13.5. The van der Waals surface area contributed by atoms with E-state index in [4.69, 9.17) is 4.74 Å². The number of nitrogens with one attached hydrogen (secondary N) is 2. The second kappa shape index (κ2) is 7.92. The number of rotatable bonds is 6. The molecule has 0 saturated carbocycles. The molecule has 2 aromatic carbocycles. The maximum atomic E-state index is 12.2. The molecule has 6 nitrogen and oxygen atoms in total. The van der Waals surface area contributed by atoms with Gasteiger partial charge in [0.25, 0.3) is 5.91 Å². The van der Waals surface area contributed by atoms with Gasteiger partial charge in [-0.05, 0) is 55.5 Å².